The van der Waals surface area contributed by atoms with E-state index in [0.29, 0.717) is 0 Å². The SMILES string of the molecule is C=CCNc1nc(C)cn1CCCCn1ccnc1. The molecule has 19 heavy (non-hydrogen) atoms. The number of unbranched alkanes of at least 4 members (excludes halogenated alkanes) is 1. The van der Waals surface area contributed by atoms with Crippen LogP contribution in [0.4, 0.5) is 5.95 Å². The molecular formula is C14H21N5. The quantitative estimate of drug-likeness (QED) is 0.585. The summed E-state index contributed by atoms with van der Waals surface area (Å²) >= 11 is 0. The maximum Gasteiger partial charge on any atom is 0.203 e. The fourth-order valence-electron chi connectivity index (χ4n) is 2.02. The summed E-state index contributed by atoms with van der Waals surface area (Å²) in [5.41, 5.74) is 1.04. The van der Waals surface area contributed by atoms with Gasteiger partial charge in [-0.05, 0) is 19.8 Å². The Kier molecular flexibility index (Phi) is 4.78. The number of nitrogens with zero attached hydrogens (tertiary/aromatic N) is 4. The lowest BCUT2D eigenvalue weighted by Gasteiger charge is -2.08. The van der Waals surface area contributed by atoms with E-state index in [1.807, 2.05) is 31.7 Å². The van der Waals surface area contributed by atoms with Gasteiger partial charge in [0, 0.05) is 38.2 Å². The van der Waals surface area contributed by atoms with Crippen molar-refractivity contribution in [1.29, 1.82) is 0 Å². The molecule has 0 spiro atoms. The summed E-state index contributed by atoms with van der Waals surface area (Å²) in [6.45, 7) is 8.46. The molecule has 5 nitrogen and oxygen atoms in total. The van der Waals surface area contributed by atoms with Crippen LogP contribution in [0, 0.1) is 6.92 Å². The van der Waals surface area contributed by atoms with E-state index in [2.05, 4.69) is 37.2 Å². The highest BCUT2D eigenvalue weighted by molar-refractivity contribution is 5.29. The summed E-state index contributed by atoms with van der Waals surface area (Å²) in [5.74, 6) is 0.931. The molecule has 0 unspecified atom stereocenters. The third kappa shape index (κ3) is 3.98. The zero-order valence-electron chi connectivity index (χ0n) is 11.4. The first-order valence-electron chi connectivity index (χ1n) is 6.64. The second-order valence-corrected chi connectivity index (χ2v) is 4.58. The molecule has 0 amide bonds. The van der Waals surface area contributed by atoms with Gasteiger partial charge in [-0.3, -0.25) is 0 Å². The molecule has 2 rings (SSSR count). The van der Waals surface area contributed by atoms with Gasteiger partial charge in [-0.15, -0.1) is 6.58 Å². The van der Waals surface area contributed by atoms with Gasteiger partial charge in [0.1, 0.15) is 0 Å². The standard InChI is InChI=1S/C14H21N5/c1-3-6-16-14-17-13(2)11-19(14)9-5-4-8-18-10-7-15-12-18/h3,7,10-12H,1,4-6,8-9H2,2H3,(H,16,17). The van der Waals surface area contributed by atoms with Gasteiger partial charge in [0.05, 0.1) is 12.0 Å². The first kappa shape index (κ1) is 13.4. The Bertz CT molecular complexity index is 498. The van der Waals surface area contributed by atoms with Crippen molar-refractivity contribution in [2.45, 2.75) is 32.9 Å². The van der Waals surface area contributed by atoms with Crippen molar-refractivity contribution in [3.05, 3.63) is 43.3 Å². The lowest BCUT2D eigenvalue weighted by Crippen LogP contribution is -2.07. The topological polar surface area (TPSA) is 47.7 Å². The lowest BCUT2D eigenvalue weighted by molar-refractivity contribution is 0.555. The van der Waals surface area contributed by atoms with Gasteiger partial charge in [-0.2, -0.15) is 0 Å². The van der Waals surface area contributed by atoms with Crippen LogP contribution in [0.1, 0.15) is 18.5 Å². The maximum atomic E-state index is 4.47. The molecule has 2 heterocycles. The van der Waals surface area contributed by atoms with Crippen LogP contribution in [0.2, 0.25) is 0 Å². The van der Waals surface area contributed by atoms with Gasteiger partial charge in [0.2, 0.25) is 5.95 Å². The third-order valence-electron chi connectivity index (χ3n) is 2.93. The Labute approximate surface area is 114 Å². The number of aryl methyl sites for hydroxylation is 3. The third-order valence-corrected chi connectivity index (χ3v) is 2.93. The van der Waals surface area contributed by atoms with Crippen molar-refractivity contribution < 1.29 is 0 Å². The summed E-state index contributed by atoms with van der Waals surface area (Å²) in [4.78, 5) is 8.50. The average molecular weight is 259 g/mol. The number of hydrogen-bond donors (Lipinski definition) is 1. The van der Waals surface area contributed by atoms with Crippen LogP contribution >= 0.6 is 0 Å². The predicted molar refractivity (Wildman–Crippen MR) is 77.1 cm³/mol. The van der Waals surface area contributed by atoms with E-state index >= 15 is 0 Å². The highest BCUT2D eigenvalue weighted by Crippen LogP contribution is 2.10. The van der Waals surface area contributed by atoms with Crippen LogP contribution in [0.15, 0.2) is 37.6 Å². The Morgan fingerprint density at radius 2 is 2.21 bits per heavy atom. The fourth-order valence-corrected chi connectivity index (χ4v) is 2.02. The molecule has 0 bridgehead atoms. The molecule has 102 valence electrons. The van der Waals surface area contributed by atoms with Crippen LogP contribution < -0.4 is 5.32 Å². The molecule has 0 aliphatic heterocycles. The summed E-state index contributed by atoms with van der Waals surface area (Å²) in [7, 11) is 0. The normalized spacial score (nSPS) is 10.6. The number of aromatic nitrogens is 4. The van der Waals surface area contributed by atoms with Gasteiger partial charge in [-0.1, -0.05) is 6.08 Å². The Morgan fingerprint density at radius 3 is 2.95 bits per heavy atom. The number of hydrogen-bond acceptors (Lipinski definition) is 3. The highest BCUT2D eigenvalue weighted by Gasteiger charge is 2.03. The number of imidazole rings is 2. The molecule has 1 N–H and O–H groups in total. The van der Waals surface area contributed by atoms with E-state index in [-0.39, 0.29) is 0 Å². The van der Waals surface area contributed by atoms with Crippen LogP contribution in [0.3, 0.4) is 0 Å². The lowest BCUT2D eigenvalue weighted by atomic mass is 10.3. The van der Waals surface area contributed by atoms with Crippen LogP contribution in [0.5, 0.6) is 0 Å². The Balaban J connectivity index is 1.79. The van der Waals surface area contributed by atoms with Gasteiger partial charge < -0.3 is 14.5 Å². The second kappa shape index (κ2) is 6.78. The van der Waals surface area contributed by atoms with Crippen LogP contribution in [-0.4, -0.2) is 25.6 Å². The van der Waals surface area contributed by atoms with Crippen molar-refractivity contribution >= 4 is 5.95 Å². The van der Waals surface area contributed by atoms with Gasteiger partial charge in [-0.25, -0.2) is 9.97 Å². The minimum absolute atomic E-state index is 0.742. The van der Waals surface area contributed by atoms with Gasteiger partial charge in [0.15, 0.2) is 0 Å². The van der Waals surface area contributed by atoms with Gasteiger partial charge in [0.25, 0.3) is 0 Å². The number of rotatable bonds is 8. The first-order chi connectivity index (χ1) is 9.29. The summed E-state index contributed by atoms with van der Waals surface area (Å²) < 4.78 is 4.28. The highest BCUT2D eigenvalue weighted by atomic mass is 15.2. The van der Waals surface area contributed by atoms with E-state index in [4.69, 9.17) is 0 Å². The van der Waals surface area contributed by atoms with Crippen molar-refractivity contribution in [2.75, 3.05) is 11.9 Å². The van der Waals surface area contributed by atoms with E-state index in [1.54, 1.807) is 0 Å². The maximum absolute atomic E-state index is 4.47. The molecule has 5 heteroatoms. The Morgan fingerprint density at radius 1 is 1.37 bits per heavy atom. The summed E-state index contributed by atoms with van der Waals surface area (Å²) in [5, 5.41) is 3.26. The van der Waals surface area contributed by atoms with E-state index in [1.165, 1.54) is 0 Å². The molecule has 0 aromatic carbocycles. The van der Waals surface area contributed by atoms with Crippen molar-refractivity contribution in [1.82, 2.24) is 19.1 Å². The average Bonchev–Trinajstić information content (AvgIpc) is 3.02. The fraction of sp³-hybridized carbons (Fsp3) is 0.429. The molecular weight excluding hydrogens is 238 g/mol. The summed E-state index contributed by atoms with van der Waals surface area (Å²) in [6.07, 6.45) is 11.9. The van der Waals surface area contributed by atoms with Gasteiger partial charge >= 0.3 is 0 Å². The molecule has 0 aliphatic carbocycles. The minimum atomic E-state index is 0.742. The molecule has 2 aromatic rings. The minimum Gasteiger partial charge on any atom is -0.352 e. The zero-order chi connectivity index (χ0) is 13.5. The Hall–Kier alpha value is -2.04. The summed E-state index contributed by atoms with van der Waals surface area (Å²) in [6, 6.07) is 0. The van der Waals surface area contributed by atoms with Crippen molar-refractivity contribution in [3.8, 4) is 0 Å². The number of anilines is 1. The zero-order valence-corrected chi connectivity index (χ0v) is 11.4. The molecule has 0 atom stereocenters. The molecule has 2 aromatic heterocycles. The second-order valence-electron chi connectivity index (χ2n) is 4.58. The van der Waals surface area contributed by atoms with Crippen molar-refractivity contribution in [3.63, 3.8) is 0 Å². The smallest absolute Gasteiger partial charge is 0.203 e. The molecule has 0 saturated heterocycles. The predicted octanol–water partition coefficient (Wildman–Crippen LogP) is 2.47. The van der Waals surface area contributed by atoms with Crippen LogP contribution in [-0.2, 0) is 13.1 Å². The number of nitrogens with one attached hydrogen (secondary N) is 1. The molecule has 0 radical (unpaired) electrons. The van der Waals surface area contributed by atoms with E-state index in [0.717, 1.165) is 44.1 Å². The largest absolute Gasteiger partial charge is 0.352 e. The molecule has 0 aliphatic rings. The molecule has 0 saturated carbocycles. The van der Waals surface area contributed by atoms with E-state index < -0.39 is 0 Å². The first-order valence-corrected chi connectivity index (χ1v) is 6.64. The van der Waals surface area contributed by atoms with Crippen molar-refractivity contribution in [2.24, 2.45) is 0 Å². The van der Waals surface area contributed by atoms with E-state index in [9.17, 15) is 0 Å². The van der Waals surface area contributed by atoms with Crippen LogP contribution in [0.25, 0.3) is 0 Å². The molecule has 0 fully saturated rings. The monoisotopic (exact) mass is 259 g/mol.